The second-order valence-corrected chi connectivity index (χ2v) is 7.94. The van der Waals surface area contributed by atoms with E-state index >= 15 is 0 Å². The molecule has 0 radical (unpaired) electrons. The average molecular weight is 444 g/mol. The van der Waals surface area contributed by atoms with E-state index in [1.165, 1.54) is 24.1 Å². The van der Waals surface area contributed by atoms with E-state index in [-0.39, 0.29) is 18.1 Å². The molecule has 1 atom stereocenters. The lowest BCUT2D eigenvalue weighted by atomic mass is 9.98. The Morgan fingerprint density at radius 2 is 1.58 bits per heavy atom. The number of fused-ring (bicyclic) bond motifs is 3. The number of benzene rings is 3. The molecule has 0 aliphatic heterocycles. The molecular weight excluding hydrogens is 420 g/mol. The Hall–Kier alpha value is -4.13. The second-order valence-electron chi connectivity index (χ2n) is 7.94. The molecule has 0 saturated heterocycles. The zero-order chi connectivity index (χ0) is 23.5. The Labute approximate surface area is 191 Å². The fourth-order valence-corrected chi connectivity index (χ4v) is 4.14. The van der Waals surface area contributed by atoms with Gasteiger partial charge in [-0.1, -0.05) is 54.6 Å². The standard InChI is InChI=1S/C26H24N2O5/c1-16(24(29)28(2)18-9-7-8-17(14-18)25(30)31)27-26(32)33-15-23-21-12-5-3-10-19(21)20-11-4-6-13-22(20)23/h3-14,16,23H,15H2,1-2H3,(H,27,32)(H,30,31)/t16-/m0/s1. The van der Waals surface area contributed by atoms with Crippen LogP contribution in [-0.4, -0.2) is 42.8 Å². The maximum atomic E-state index is 12.8. The number of rotatable bonds is 6. The molecule has 0 heterocycles. The summed E-state index contributed by atoms with van der Waals surface area (Å²) in [7, 11) is 1.53. The number of carboxylic acid groups (broad SMARTS) is 1. The van der Waals surface area contributed by atoms with Crippen molar-refractivity contribution in [2.75, 3.05) is 18.6 Å². The van der Waals surface area contributed by atoms with Gasteiger partial charge in [-0.3, -0.25) is 4.79 Å². The van der Waals surface area contributed by atoms with E-state index in [4.69, 9.17) is 9.84 Å². The first kappa shape index (κ1) is 22.1. The quantitative estimate of drug-likeness (QED) is 0.592. The Morgan fingerprint density at radius 3 is 2.18 bits per heavy atom. The van der Waals surface area contributed by atoms with Gasteiger partial charge >= 0.3 is 12.1 Å². The molecule has 1 aliphatic rings. The van der Waals surface area contributed by atoms with Crippen molar-refractivity contribution in [1.29, 1.82) is 0 Å². The van der Waals surface area contributed by atoms with Gasteiger partial charge in [0, 0.05) is 18.7 Å². The summed E-state index contributed by atoms with van der Waals surface area (Å²) in [5.74, 6) is -1.55. The summed E-state index contributed by atoms with van der Waals surface area (Å²) in [5.41, 5.74) is 4.97. The fourth-order valence-electron chi connectivity index (χ4n) is 4.14. The van der Waals surface area contributed by atoms with E-state index in [2.05, 4.69) is 17.4 Å². The highest BCUT2D eigenvalue weighted by molar-refractivity contribution is 5.99. The zero-order valence-electron chi connectivity index (χ0n) is 18.3. The van der Waals surface area contributed by atoms with Crippen molar-refractivity contribution in [2.45, 2.75) is 18.9 Å². The third-order valence-electron chi connectivity index (χ3n) is 5.86. The van der Waals surface area contributed by atoms with E-state index < -0.39 is 24.0 Å². The van der Waals surface area contributed by atoms with Gasteiger partial charge in [0.25, 0.3) is 0 Å². The molecule has 4 rings (SSSR count). The molecule has 7 heteroatoms. The number of anilines is 1. The minimum atomic E-state index is -1.08. The van der Waals surface area contributed by atoms with Crippen LogP contribution in [0.5, 0.6) is 0 Å². The van der Waals surface area contributed by atoms with Crippen LogP contribution in [0.1, 0.15) is 34.3 Å². The van der Waals surface area contributed by atoms with Gasteiger partial charge in [0.2, 0.25) is 5.91 Å². The molecule has 7 nitrogen and oxygen atoms in total. The molecule has 3 aromatic carbocycles. The molecule has 0 aromatic heterocycles. The fraction of sp³-hybridized carbons (Fsp3) is 0.192. The van der Waals surface area contributed by atoms with E-state index in [0.717, 1.165) is 22.3 Å². The number of carbonyl (C=O) groups excluding carboxylic acids is 2. The minimum Gasteiger partial charge on any atom is -0.478 e. The number of hydrogen-bond acceptors (Lipinski definition) is 4. The van der Waals surface area contributed by atoms with Crippen LogP contribution in [0.25, 0.3) is 11.1 Å². The number of ether oxygens (including phenoxy) is 1. The Balaban J connectivity index is 1.39. The van der Waals surface area contributed by atoms with Gasteiger partial charge in [-0.05, 0) is 47.4 Å². The molecule has 33 heavy (non-hydrogen) atoms. The summed E-state index contributed by atoms with van der Waals surface area (Å²) in [6.45, 7) is 1.71. The summed E-state index contributed by atoms with van der Waals surface area (Å²) in [6, 6.07) is 21.3. The molecule has 168 valence electrons. The number of likely N-dealkylation sites (N-methyl/N-ethyl adjacent to an activating group) is 1. The van der Waals surface area contributed by atoms with Crippen LogP contribution in [0, 0.1) is 0 Å². The highest BCUT2D eigenvalue weighted by atomic mass is 16.5. The lowest BCUT2D eigenvalue weighted by molar-refractivity contribution is -0.119. The minimum absolute atomic E-state index is 0.0734. The topological polar surface area (TPSA) is 95.9 Å². The van der Waals surface area contributed by atoms with E-state index in [1.54, 1.807) is 19.1 Å². The molecule has 1 aliphatic carbocycles. The normalized spacial score (nSPS) is 12.9. The van der Waals surface area contributed by atoms with Crippen LogP contribution in [-0.2, 0) is 9.53 Å². The first-order valence-electron chi connectivity index (χ1n) is 10.6. The molecule has 2 N–H and O–H groups in total. The number of nitrogens with one attached hydrogen (secondary N) is 1. The van der Waals surface area contributed by atoms with Crippen LogP contribution in [0.2, 0.25) is 0 Å². The van der Waals surface area contributed by atoms with Crippen molar-refractivity contribution in [1.82, 2.24) is 5.32 Å². The number of carbonyl (C=O) groups is 3. The van der Waals surface area contributed by atoms with Crippen molar-refractivity contribution in [2.24, 2.45) is 0 Å². The van der Waals surface area contributed by atoms with Crippen molar-refractivity contribution < 1.29 is 24.2 Å². The van der Waals surface area contributed by atoms with Gasteiger partial charge in [0.15, 0.2) is 0 Å². The van der Waals surface area contributed by atoms with Crippen molar-refractivity contribution in [3.8, 4) is 11.1 Å². The maximum Gasteiger partial charge on any atom is 0.407 e. The number of hydrogen-bond donors (Lipinski definition) is 2. The SMILES string of the molecule is C[C@H](NC(=O)OCC1c2ccccc2-c2ccccc21)C(=O)N(C)c1cccc(C(=O)O)c1. The Bertz CT molecular complexity index is 1180. The van der Waals surface area contributed by atoms with Gasteiger partial charge in [0.1, 0.15) is 12.6 Å². The van der Waals surface area contributed by atoms with E-state index in [1.807, 2.05) is 36.4 Å². The number of aromatic carboxylic acids is 1. The molecule has 0 unspecified atom stereocenters. The lowest BCUT2D eigenvalue weighted by Crippen LogP contribution is -2.46. The van der Waals surface area contributed by atoms with Gasteiger partial charge in [-0.2, -0.15) is 0 Å². The highest BCUT2D eigenvalue weighted by Crippen LogP contribution is 2.44. The number of alkyl carbamates (subject to hydrolysis) is 1. The van der Waals surface area contributed by atoms with Crippen LogP contribution in [0.15, 0.2) is 72.8 Å². The Morgan fingerprint density at radius 1 is 0.970 bits per heavy atom. The largest absolute Gasteiger partial charge is 0.478 e. The first-order chi connectivity index (χ1) is 15.9. The predicted octanol–water partition coefficient (Wildman–Crippen LogP) is 4.27. The summed E-state index contributed by atoms with van der Waals surface area (Å²) in [5, 5.41) is 11.7. The molecular formula is C26H24N2O5. The molecule has 0 fully saturated rings. The third kappa shape index (κ3) is 4.43. The third-order valence-corrected chi connectivity index (χ3v) is 5.86. The lowest BCUT2D eigenvalue weighted by Gasteiger charge is -2.22. The van der Waals surface area contributed by atoms with Gasteiger partial charge < -0.3 is 20.1 Å². The van der Waals surface area contributed by atoms with E-state index in [0.29, 0.717) is 5.69 Å². The summed E-state index contributed by atoms with van der Waals surface area (Å²) in [6.07, 6.45) is -0.689. The van der Waals surface area contributed by atoms with Gasteiger partial charge in [-0.15, -0.1) is 0 Å². The first-order valence-corrected chi connectivity index (χ1v) is 10.6. The number of amides is 2. The molecule has 0 saturated carbocycles. The van der Waals surface area contributed by atoms with Crippen molar-refractivity contribution in [3.05, 3.63) is 89.5 Å². The maximum absolute atomic E-state index is 12.8. The number of nitrogens with zero attached hydrogens (tertiary/aromatic N) is 1. The number of carboxylic acids is 1. The van der Waals surface area contributed by atoms with Gasteiger partial charge in [-0.25, -0.2) is 9.59 Å². The monoisotopic (exact) mass is 444 g/mol. The zero-order valence-corrected chi connectivity index (χ0v) is 18.3. The average Bonchev–Trinajstić information content (AvgIpc) is 3.15. The predicted molar refractivity (Wildman–Crippen MR) is 124 cm³/mol. The van der Waals surface area contributed by atoms with Crippen LogP contribution < -0.4 is 10.2 Å². The highest BCUT2D eigenvalue weighted by Gasteiger charge is 2.29. The van der Waals surface area contributed by atoms with Crippen LogP contribution in [0.3, 0.4) is 0 Å². The van der Waals surface area contributed by atoms with Crippen molar-refractivity contribution in [3.63, 3.8) is 0 Å². The molecule has 3 aromatic rings. The van der Waals surface area contributed by atoms with Crippen LogP contribution >= 0.6 is 0 Å². The smallest absolute Gasteiger partial charge is 0.407 e. The van der Waals surface area contributed by atoms with Crippen LogP contribution in [0.4, 0.5) is 10.5 Å². The summed E-state index contributed by atoms with van der Waals surface area (Å²) in [4.78, 5) is 37.7. The van der Waals surface area contributed by atoms with Gasteiger partial charge in [0.05, 0.1) is 5.56 Å². The van der Waals surface area contributed by atoms with E-state index in [9.17, 15) is 14.4 Å². The summed E-state index contributed by atoms with van der Waals surface area (Å²) < 4.78 is 5.50. The Kier molecular flexibility index (Phi) is 6.13. The molecule has 0 bridgehead atoms. The summed E-state index contributed by atoms with van der Waals surface area (Å²) >= 11 is 0. The molecule has 2 amide bonds. The molecule has 0 spiro atoms. The second kappa shape index (κ2) is 9.16. The van der Waals surface area contributed by atoms with Crippen molar-refractivity contribution >= 4 is 23.7 Å².